The van der Waals surface area contributed by atoms with E-state index < -0.39 is 59.6 Å². The summed E-state index contributed by atoms with van der Waals surface area (Å²) in [6, 6.07) is 0. The van der Waals surface area contributed by atoms with Crippen LogP contribution < -0.4 is 0 Å². The van der Waals surface area contributed by atoms with E-state index in [4.69, 9.17) is 71.1 Å². The molecule has 16 heterocycles. The maximum atomic E-state index is 14.7. The van der Waals surface area contributed by atoms with E-state index in [-0.39, 0.29) is 140 Å². The van der Waals surface area contributed by atoms with Crippen molar-refractivity contribution in [3.63, 3.8) is 0 Å². The molecule has 3 spiro atoms. The van der Waals surface area contributed by atoms with Gasteiger partial charge in [-0.3, -0.25) is 4.79 Å². The van der Waals surface area contributed by atoms with Crippen LogP contribution in [0.3, 0.4) is 0 Å². The summed E-state index contributed by atoms with van der Waals surface area (Å²) in [5, 5.41) is 11.0. The minimum Gasteiger partial charge on any atom is -0.459 e. The molecule has 17 nitrogen and oxygen atoms in total. The van der Waals surface area contributed by atoms with Crippen LogP contribution in [0.2, 0.25) is 0 Å². The molecule has 17 heteroatoms. The lowest BCUT2D eigenvalue weighted by atomic mass is 9.75. The number of aliphatic hydroxyl groups is 1. The van der Waals surface area contributed by atoms with Crippen LogP contribution in [0.25, 0.3) is 0 Å². The van der Waals surface area contributed by atoms with Crippen molar-refractivity contribution in [1.82, 2.24) is 0 Å². The largest absolute Gasteiger partial charge is 0.459 e. The number of aliphatic hydroxyl groups excluding tert-OH is 1. The van der Waals surface area contributed by atoms with Crippen LogP contribution in [-0.2, 0) is 75.8 Å². The summed E-state index contributed by atoms with van der Waals surface area (Å²) in [6.45, 7) is 22.2. The summed E-state index contributed by atoms with van der Waals surface area (Å²) in [5.41, 5.74) is 1.49. The first-order valence-electron chi connectivity index (χ1n) is 31.0. The number of hydrogen-bond donors (Lipinski definition) is 1. The Morgan fingerprint density at radius 2 is 1.26 bits per heavy atom. The van der Waals surface area contributed by atoms with Gasteiger partial charge in [0.1, 0.15) is 30.0 Å². The molecule has 434 valence electrons. The molecule has 16 aliphatic heterocycles. The van der Waals surface area contributed by atoms with Gasteiger partial charge in [0.25, 0.3) is 0 Å². The predicted molar refractivity (Wildman–Crippen MR) is 276 cm³/mol. The van der Waals surface area contributed by atoms with Gasteiger partial charge in [-0.1, -0.05) is 47.8 Å². The summed E-state index contributed by atoms with van der Waals surface area (Å²) in [4.78, 5) is 14.7. The maximum Gasteiger partial charge on any atom is 0.308 e. The van der Waals surface area contributed by atoms with Gasteiger partial charge in [0.2, 0.25) is 0 Å². The molecule has 0 aromatic heterocycles. The number of carbonyl (C=O) groups excluding carboxylic acids is 1. The molecule has 16 aliphatic rings. The molecule has 16 rings (SSSR count). The van der Waals surface area contributed by atoms with Crippen molar-refractivity contribution >= 4 is 5.97 Å². The fourth-order valence-corrected chi connectivity index (χ4v) is 18.5. The highest BCUT2D eigenvalue weighted by molar-refractivity contribution is 5.70. The minimum absolute atomic E-state index is 0.00498. The number of carbonyl (C=O) groups is 1. The van der Waals surface area contributed by atoms with Crippen molar-refractivity contribution in [3.05, 3.63) is 24.3 Å². The molecule has 0 aromatic carbocycles. The summed E-state index contributed by atoms with van der Waals surface area (Å²) in [7, 11) is 0. The van der Waals surface area contributed by atoms with E-state index in [9.17, 15) is 9.90 Å². The van der Waals surface area contributed by atoms with Gasteiger partial charge in [0, 0.05) is 70.1 Å². The standard InChI is InChI=1S/C61H88O17/c1-9-39-38(62)20-46-51(69-39)30(4)23-60(74-46)24-31(5)52-48(75-60)27-61(77-52)26-47-43(73-61)22-45-53(70-47)33(7)54-44(68-45)21-42-32(6)28(2)16-34(65-42)10-12-40-29(3)17-36(64-40)14-15-59-25-37-18-49(76-59)58(8)57(67-37)56(78-59)55-41(72-58)13-11-35(66-55)19-50(63)71-54/h28,30-31,33-49,51-57,62H,3,6,9-27H2,1-2,4-5,7-8H3/t28-,30+,31+,33+,34+,35-,36+,37-,38-,39-,40+,41+,42?,43-,44+,45+,46+,47-,48+,49?,51+,52+,53+,54-,55+,56+,57?,58+,59+,60-,61+/m1/s1. The summed E-state index contributed by atoms with van der Waals surface area (Å²) < 4.78 is 105. The van der Waals surface area contributed by atoms with Crippen LogP contribution in [0.15, 0.2) is 24.3 Å². The Balaban J connectivity index is 0.674. The first-order chi connectivity index (χ1) is 37.4. The average Bonchev–Trinajstić information content (AvgIpc) is 4.06. The van der Waals surface area contributed by atoms with Crippen LogP contribution in [-0.4, -0.2) is 174 Å². The molecule has 12 bridgehead atoms. The fraction of sp³-hybridized carbons (Fsp3) is 0.918. The summed E-state index contributed by atoms with van der Waals surface area (Å²) in [6.07, 6.45) is 6.43. The van der Waals surface area contributed by atoms with Crippen molar-refractivity contribution in [2.24, 2.45) is 23.7 Å². The van der Waals surface area contributed by atoms with E-state index in [1.165, 1.54) is 0 Å². The van der Waals surface area contributed by atoms with E-state index in [0.29, 0.717) is 64.2 Å². The van der Waals surface area contributed by atoms with Crippen molar-refractivity contribution in [1.29, 1.82) is 0 Å². The van der Waals surface area contributed by atoms with Crippen LogP contribution in [0.5, 0.6) is 0 Å². The highest BCUT2D eigenvalue weighted by Gasteiger charge is 2.70. The van der Waals surface area contributed by atoms with E-state index in [1.807, 2.05) is 0 Å². The Labute approximate surface area is 460 Å². The lowest BCUT2D eigenvalue weighted by Gasteiger charge is -2.57. The average molecular weight is 1090 g/mol. The maximum absolute atomic E-state index is 14.7. The number of fused-ring (bicyclic) bond motifs is 10. The molecule has 31 atom stereocenters. The molecule has 16 fully saturated rings. The van der Waals surface area contributed by atoms with Crippen LogP contribution >= 0.6 is 0 Å². The van der Waals surface area contributed by atoms with Gasteiger partial charge in [0.15, 0.2) is 17.4 Å². The molecular formula is C61H88O17. The highest BCUT2D eigenvalue weighted by Crippen LogP contribution is 2.58. The smallest absolute Gasteiger partial charge is 0.308 e. The van der Waals surface area contributed by atoms with Gasteiger partial charge >= 0.3 is 5.97 Å². The molecule has 0 aromatic rings. The molecule has 0 amide bonds. The first kappa shape index (κ1) is 53.1. The van der Waals surface area contributed by atoms with Crippen molar-refractivity contribution in [2.75, 3.05) is 0 Å². The van der Waals surface area contributed by atoms with Gasteiger partial charge < -0.3 is 76.2 Å². The second-order valence-corrected chi connectivity index (χ2v) is 27.9. The third-order valence-corrected chi connectivity index (χ3v) is 22.4. The normalized spacial score (nSPS) is 59.2. The predicted octanol–water partition coefficient (Wildman–Crippen LogP) is 7.37. The van der Waals surface area contributed by atoms with Crippen LogP contribution in [0, 0.1) is 23.7 Å². The number of esters is 1. The molecular weight excluding hydrogens is 1000 g/mol. The van der Waals surface area contributed by atoms with Gasteiger partial charge in [-0.05, 0) is 87.2 Å². The molecule has 3 unspecified atom stereocenters. The number of hydrogen-bond acceptors (Lipinski definition) is 17. The summed E-state index contributed by atoms with van der Waals surface area (Å²) >= 11 is 0. The molecule has 0 radical (unpaired) electrons. The van der Waals surface area contributed by atoms with Crippen LogP contribution in [0.1, 0.15) is 164 Å². The van der Waals surface area contributed by atoms with Crippen molar-refractivity contribution < 1.29 is 81.0 Å². The molecule has 0 aliphatic carbocycles. The zero-order valence-electron chi connectivity index (χ0n) is 46.9. The third kappa shape index (κ3) is 8.87. The van der Waals surface area contributed by atoms with Crippen LogP contribution in [0.4, 0.5) is 0 Å². The third-order valence-electron chi connectivity index (χ3n) is 22.4. The lowest BCUT2D eigenvalue weighted by molar-refractivity contribution is -0.371. The Morgan fingerprint density at radius 1 is 0.526 bits per heavy atom. The Kier molecular flexibility index (Phi) is 13.2. The molecule has 1 N–H and O–H groups in total. The first-order valence-corrected chi connectivity index (χ1v) is 31.0. The second kappa shape index (κ2) is 19.4. The van der Waals surface area contributed by atoms with E-state index in [0.717, 1.165) is 62.5 Å². The molecule has 16 saturated heterocycles. The van der Waals surface area contributed by atoms with Gasteiger partial charge in [0.05, 0.1) is 122 Å². The Bertz CT molecular complexity index is 2340. The Hall–Kier alpha value is -1.65. The van der Waals surface area contributed by atoms with E-state index in [2.05, 4.69) is 54.7 Å². The van der Waals surface area contributed by atoms with Gasteiger partial charge in [-0.15, -0.1) is 0 Å². The number of ether oxygens (including phenoxy) is 15. The monoisotopic (exact) mass is 1090 g/mol. The number of rotatable bonds is 1. The topological polar surface area (TPSA) is 176 Å². The SMILES string of the molecule is C=C1C2C[C@@H]3O[C@H]4C[C@H]5O[C@@]6(C[C@@H]7O[C@]8(C[C@H](C)[C@@H]9O[C@H](CC)[C@H](O)C[C@@H]9O8)C[C@H](C)[C@@H]7O6)C[C@H]5O[C@H]4[C@H](C)[C@H]3OC(=O)C[C@H]3CC[C@@H]4O[C@@]5(C)C6C[C@@H]7C[C@@](CC[C@H]8CC(=C)[C@H](CC[C@@H](C[C@H]1C)O2)O8)(O6)O[C@H](C5O7)[C@H]4O3. The minimum atomic E-state index is -0.886. The van der Waals surface area contributed by atoms with Crippen molar-refractivity contribution in [2.45, 2.75) is 327 Å². The summed E-state index contributed by atoms with van der Waals surface area (Å²) in [5.74, 6) is -2.49. The van der Waals surface area contributed by atoms with Gasteiger partial charge in [-0.2, -0.15) is 0 Å². The zero-order chi connectivity index (χ0) is 53.4. The lowest BCUT2D eigenvalue weighted by Crippen LogP contribution is -2.71. The zero-order valence-corrected chi connectivity index (χ0v) is 46.9. The van der Waals surface area contributed by atoms with Gasteiger partial charge in [-0.25, -0.2) is 0 Å². The highest BCUT2D eigenvalue weighted by atomic mass is 16.8. The Morgan fingerprint density at radius 3 is 2.10 bits per heavy atom. The van der Waals surface area contributed by atoms with E-state index in [1.54, 1.807) is 0 Å². The fourth-order valence-electron chi connectivity index (χ4n) is 18.5. The molecule has 0 saturated carbocycles. The quantitative estimate of drug-likeness (QED) is 0.203. The molecule has 78 heavy (non-hydrogen) atoms. The van der Waals surface area contributed by atoms with Crippen molar-refractivity contribution in [3.8, 4) is 0 Å². The second-order valence-electron chi connectivity index (χ2n) is 27.9. The van der Waals surface area contributed by atoms with E-state index >= 15 is 0 Å².